The fourth-order valence-electron chi connectivity index (χ4n) is 1.94. The van der Waals surface area contributed by atoms with Crippen molar-refractivity contribution in [1.29, 1.82) is 0 Å². The van der Waals surface area contributed by atoms with Crippen LogP contribution in [0.3, 0.4) is 0 Å². The van der Waals surface area contributed by atoms with Gasteiger partial charge in [0.25, 0.3) is 0 Å². The summed E-state index contributed by atoms with van der Waals surface area (Å²) < 4.78 is 0. The molecule has 0 unspecified atom stereocenters. The second-order valence-corrected chi connectivity index (χ2v) is 5.75. The molecule has 0 amide bonds. The molecule has 112 valence electrons. The van der Waals surface area contributed by atoms with Crippen LogP contribution in [0.4, 0.5) is 5.69 Å². The minimum atomic E-state index is 0.702. The van der Waals surface area contributed by atoms with Gasteiger partial charge in [-0.2, -0.15) is 0 Å². The Kier molecular flexibility index (Phi) is 5.59. The molecule has 0 fully saturated rings. The topological polar surface area (TPSA) is 40.2 Å². The summed E-state index contributed by atoms with van der Waals surface area (Å²) in [5.74, 6) is 0. The molecule has 2 N–H and O–H groups in total. The van der Waals surface area contributed by atoms with Crippen LogP contribution in [0.5, 0.6) is 0 Å². The van der Waals surface area contributed by atoms with Crippen molar-refractivity contribution < 1.29 is 0 Å². The quantitative estimate of drug-likeness (QED) is 0.654. The summed E-state index contributed by atoms with van der Waals surface area (Å²) in [6.45, 7) is 1.71. The van der Waals surface area contributed by atoms with Gasteiger partial charge in [0.15, 0.2) is 5.11 Å². The summed E-state index contributed by atoms with van der Waals surface area (Å²) in [4.78, 5) is 6.22. The van der Waals surface area contributed by atoms with Crippen LogP contribution in [0.15, 0.2) is 30.5 Å². The van der Waals surface area contributed by atoms with Crippen LogP contribution in [-0.4, -0.2) is 42.2 Å². The second kappa shape index (κ2) is 7.43. The minimum Gasteiger partial charge on any atom is -0.384 e. The van der Waals surface area contributed by atoms with E-state index >= 15 is 0 Å². The lowest BCUT2D eigenvalue weighted by Gasteiger charge is -2.15. The predicted octanol–water partition coefficient (Wildman–Crippen LogP) is 3.13. The van der Waals surface area contributed by atoms with E-state index in [1.165, 1.54) is 0 Å². The van der Waals surface area contributed by atoms with Crippen molar-refractivity contribution in [1.82, 2.24) is 15.2 Å². The van der Waals surface area contributed by atoms with Gasteiger partial charge in [-0.05, 0) is 42.9 Å². The van der Waals surface area contributed by atoms with Crippen molar-refractivity contribution >= 4 is 45.5 Å². The standard InChI is InChI=1S/C15H19ClN4S/c1-20(2)15(21)19-8-3-7-17-13-6-9-18-14-10-11(16)4-5-12(13)14/h4-6,9-10H,3,7-8H2,1-2H3,(H,17,18)(H,19,21). The Balaban J connectivity index is 1.88. The molecular formula is C15H19ClN4S. The predicted molar refractivity (Wildman–Crippen MR) is 94.1 cm³/mol. The number of hydrogen-bond acceptors (Lipinski definition) is 3. The van der Waals surface area contributed by atoms with E-state index in [1.54, 1.807) is 6.20 Å². The largest absolute Gasteiger partial charge is 0.384 e. The summed E-state index contributed by atoms with van der Waals surface area (Å²) in [6, 6.07) is 7.73. The van der Waals surface area contributed by atoms with Crippen molar-refractivity contribution in [2.24, 2.45) is 0 Å². The Morgan fingerprint density at radius 2 is 2.10 bits per heavy atom. The highest BCUT2D eigenvalue weighted by Crippen LogP contribution is 2.24. The van der Waals surface area contributed by atoms with Crippen LogP contribution < -0.4 is 10.6 Å². The number of thiocarbonyl (C=S) groups is 1. The third kappa shape index (κ3) is 4.44. The SMILES string of the molecule is CN(C)C(=S)NCCCNc1ccnc2cc(Cl)ccc12. The zero-order valence-corrected chi connectivity index (χ0v) is 13.8. The maximum Gasteiger partial charge on any atom is 0.168 e. The van der Waals surface area contributed by atoms with Crippen molar-refractivity contribution in [2.45, 2.75) is 6.42 Å². The monoisotopic (exact) mass is 322 g/mol. The van der Waals surface area contributed by atoms with E-state index in [1.807, 2.05) is 43.3 Å². The maximum absolute atomic E-state index is 5.99. The molecule has 0 saturated heterocycles. The third-order valence-corrected chi connectivity index (χ3v) is 3.80. The van der Waals surface area contributed by atoms with Gasteiger partial charge in [0.05, 0.1) is 5.52 Å². The molecule has 6 heteroatoms. The van der Waals surface area contributed by atoms with E-state index < -0.39 is 0 Å². The van der Waals surface area contributed by atoms with Crippen LogP contribution in [0.25, 0.3) is 10.9 Å². The van der Waals surface area contributed by atoms with Crippen molar-refractivity contribution in [3.8, 4) is 0 Å². The molecule has 1 aromatic heterocycles. The third-order valence-electron chi connectivity index (χ3n) is 3.06. The zero-order chi connectivity index (χ0) is 15.2. The fraction of sp³-hybridized carbons (Fsp3) is 0.333. The normalized spacial score (nSPS) is 10.4. The average molecular weight is 323 g/mol. The van der Waals surface area contributed by atoms with E-state index in [0.717, 1.165) is 41.2 Å². The van der Waals surface area contributed by atoms with Crippen molar-refractivity contribution in [2.75, 3.05) is 32.5 Å². The molecule has 0 aliphatic carbocycles. The van der Waals surface area contributed by atoms with E-state index in [9.17, 15) is 0 Å². The number of anilines is 1. The lowest BCUT2D eigenvalue weighted by molar-refractivity contribution is 0.597. The van der Waals surface area contributed by atoms with E-state index in [4.69, 9.17) is 23.8 Å². The van der Waals surface area contributed by atoms with Crippen LogP contribution in [0.1, 0.15) is 6.42 Å². The molecule has 21 heavy (non-hydrogen) atoms. The summed E-state index contributed by atoms with van der Waals surface area (Å²) in [5.41, 5.74) is 1.98. The van der Waals surface area contributed by atoms with Gasteiger partial charge in [-0.15, -0.1) is 0 Å². The van der Waals surface area contributed by atoms with Gasteiger partial charge in [-0.1, -0.05) is 11.6 Å². The Hall–Kier alpha value is -1.59. The van der Waals surface area contributed by atoms with Gasteiger partial charge in [0.2, 0.25) is 0 Å². The summed E-state index contributed by atoms with van der Waals surface area (Å²) in [6.07, 6.45) is 2.77. The van der Waals surface area contributed by atoms with Crippen molar-refractivity contribution in [3.63, 3.8) is 0 Å². The first-order chi connectivity index (χ1) is 10.1. The molecule has 0 aliphatic heterocycles. The van der Waals surface area contributed by atoms with Crippen LogP contribution in [0, 0.1) is 0 Å². The van der Waals surface area contributed by atoms with Crippen molar-refractivity contribution in [3.05, 3.63) is 35.5 Å². The van der Waals surface area contributed by atoms with Gasteiger partial charge in [0.1, 0.15) is 0 Å². The lowest BCUT2D eigenvalue weighted by Crippen LogP contribution is -2.35. The highest BCUT2D eigenvalue weighted by Gasteiger charge is 2.02. The first-order valence-electron chi connectivity index (χ1n) is 6.81. The Bertz CT molecular complexity index is 630. The van der Waals surface area contributed by atoms with E-state index in [-0.39, 0.29) is 0 Å². The molecule has 0 radical (unpaired) electrons. The summed E-state index contributed by atoms with van der Waals surface area (Å²) in [5, 5.41) is 9.18. The van der Waals surface area contributed by atoms with Gasteiger partial charge in [-0.25, -0.2) is 0 Å². The number of fused-ring (bicyclic) bond motifs is 1. The van der Waals surface area contributed by atoms with E-state index in [0.29, 0.717) is 5.02 Å². The zero-order valence-electron chi connectivity index (χ0n) is 12.2. The van der Waals surface area contributed by atoms with Gasteiger partial charge in [0, 0.05) is 49.5 Å². The Morgan fingerprint density at radius 3 is 2.86 bits per heavy atom. The van der Waals surface area contributed by atoms with Gasteiger partial charge < -0.3 is 15.5 Å². The Morgan fingerprint density at radius 1 is 1.29 bits per heavy atom. The molecule has 2 aromatic rings. The number of hydrogen-bond donors (Lipinski definition) is 2. The van der Waals surface area contributed by atoms with Crippen LogP contribution >= 0.6 is 23.8 Å². The number of aromatic nitrogens is 1. The smallest absolute Gasteiger partial charge is 0.168 e. The van der Waals surface area contributed by atoms with Crippen LogP contribution in [0.2, 0.25) is 5.02 Å². The number of rotatable bonds is 5. The molecule has 0 aliphatic rings. The number of benzene rings is 1. The van der Waals surface area contributed by atoms with Crippen LogP contribution in [-0.2, 0) is 0 Å². The lowest BCUT2D eigenvalue weighted by atomic mass is 10.2. The van der Waals surface area contributed by atoms with Gasteiger partial charge in [-0.3, -0.25) is 4.98 Å². The Labute approximate surface area is 135 Å². The molecule has 4 nitrogen and oxygen atoms in total. The maximum atomic E-state index is 5.99. The first-order valence-corrected chi connectivity index (χ1v) is 7.60. The minimum absolute atomic E-state index is 0.702. The van der Waals surface area contributed by atoms with E-state index in [2.05, 4.69) is 15.6 Å². The number of halogens is 1. The fourth-order valence-corrected chi connectivity index (χ4v) is 2.21. The second-order valence-electron chi connectivity index (χ2n) is 4.93. The first kappa shape index (κ1) is 15.8. The number of pyridine rings is 1. The number of nitrogens with zero attached hydrogens (tertiary/aromatic N) is 2. The highest BCUT2D eigenvalue weighted by molar-refractivity contribution is 7.80. The molecule has 0 atom stereocenters. The number of nitrogens with one attached hydrogen (secondary N) is 2. The molecule has 0 spiro atoms. The highest BCUT2D eigenvalue weighted by atomic mass is 35.5. The molecular weight excluding hydrogens is 304 g/mol. The molecule has 2 rings (SSSR count). The van der Waals surface area contributed by atoms with Gasteiger partial charge >= 0.3 is 0 Å². The molecule has 0 bridgehead atoms. The molecule has 1 aromatic carbocycles. The summed E-state index contributed by atoms with van der Waals surface area (Å²) >= 11 is 11.2. The summed E-state index contributed by atoms with van der Waals surface area (Å²) in [7, 11) is 3.86. The molecule has 1 heterocycles. The molecule has 0 saturated carbocycles. The average Bonchev–Trinajstić information content (AvgIpc) is 2.46.